The second kappa shape index (κ2) is 9.32. The van der Waals surface area contributed by atoms with Crippen molar-refractivity contribution in [2.75, 3.05) is 6.61 Å². The summed E-state index contributed by atoms with van der Waals surface area (Å²) in [6.45, 7) is 5.97. The van der Waals surface area contributed by atoms with E-state index in [9.17, 15) is 14.7 Å². The molecule has 0 aliphatic rings. The van der Waals surface area contributed by atoms with E-state index in [4.69, 9.17) is 4.74 Å². The minimum atomic E-state index is -1.06. The largest absolute Gasteiger partial charge is 0.480 e. The molecule has 7 heteroatoms. The lowest BCUT2D eigenvalue weighted by Gasteiger charge is -2.21. The number of aromatic nitrogens is 2. The smallest absolute Gasteiger partial charge is 0.326 e. The molecule has 27 heavy (non-hydrogen) atoms. The second-order valence-electron chi connectivity index (χ2n) is 7.34. The maximum atomic E-state index is 12.1. The number of para-hydroxylation sites is 1. The van der Waals surface area contributed by atoms with Gasteiger partial charge in [0, 0.05) is 25.6 Å². The molecule has 0 aliphatic carbocycles. The third-order valence-electron chi connectivity index (χ3n) is 3.87. The van der Waals surface area contributed by atoms with Crippen LogP contribution in [-0.2, 0) is 20.7 Å². The first kappa shape index (κ1) is 20.6. The van der Waals surface area contributed by atoms with E-state index < -0.39 is 12.0 Å². The Kier molecular flexibility index (Phi) is 7.12. The van der Waals surface area contributed by atoms with Crippen LogP contribution in [0.15, 0.2) is 42.7 Å². The van der Waals surface area contributed by atoms with Crippen LogP contribution >= 0.6 is 0 Å². The number of aliphatic carboxylic acids is 1. The highest BCUT2D eigenvalue weighted by molar-refractivity contribution is 5.83. The van der Waals surface area contributed by atoms with Gasteiger partial charge in [-0.1, -0.05) is 18.2 Å². The Bertz CT molecular complexity index is 750. The lowest BCUT2D eigenvalue weighted by molar-refractivity contribution is -0.142. The molecule has 146 valence electrons. The van der Waals surface area contributed by atoms with Gasteiger partial charge in [0.2, 0.25) is 5.91 Å². The maximum Gasteiger partial charge on any atom is 0.326 e. The van der Waals surface area contributed by atoms with Crippen molar-refractivity contribution >= 4 is 11.9 Å². The molecule has 0 saturated carbocycles. The van der Waals surface area contributed by atoms with Crippen LogP contribution in [0.1, 0.15) is 39.2 Å². The average Bonchev–Trinajstić information content (AvgIpc) is 3.08. The Balaban J connectivity index is 1.82. The molecule has 0 bridgehead atoms. The van der Waals surface area contributed by atoms with E-state index in [1.807, 2.05) is 57.3 Å². The van der Waals surface area contributed by atoms with Crippen LogP contribution in [0.4, 0.5) is 0 Å². The summed E-state index contributed by atoms with van der Waals surface area (Å²) in [6, 6.07) is 8.73. The van der Waals surface area contributed by atoms with Crippen molar-refractivity contribution in [3.8, 4) is 5.69 Å². The second-order valence-corrected chi connectivity index (χ2v) is 7.34. The zero-order valence-electron chi connectivity index (χ0n) is 16.0. The van der Waals surface area contributed by atoms with E-state index in [0.29, 0.717) is 6.42 Å². The number of carbonyl (C=O) groups is 2. The van der Waals surface area contributed by atoms with E-state index in [1.165, 1.54) is 0 Å². The highest BCUT2D eigenvalue weighted by Gasteiger charge is 2.21. The third-order valence-corrected chi connectivity index (χ3v) is 3.87. The number of amides is 1. The molecule has 0 spiro atoms. The summed E-state index contributed by atoms with van der Waals surface area (Å²) in [6.07, 6.45) is 4.50. The molecule has 1 amide bonds. The van der Waals surface area contributed by atoms with Gasteiger partial charge in [0.25, 0.3) is 0 Å². The highest BCUT2D eigenvalue weighted by atomic mass is 16.5. The number of carboxylic acid groups (broad SMARTS) is 1. The van der Waals surface area contributed by atoms with E-state index in [-0.39, 0.29) is 31.0 Å². The molecule has 0 saturated heterocycles. The van der Waals surface area contributed by atoms with Gasteiger partial charge in [-0.2, -0.15) is 5.10 Å². The van der Waals surface area contributed by atoms with Crippen molar-refractivity contribution in [2.45, 2.75) is 51.7 Å². The van der Waals surface area contributed by atoms with Crippen molar-refractivity contribution in [1.82, 2.24) is 15.1 Å². The SMILES string of the molecule is CC(C)(C)OCCC(NC(=O)CCc1cnn(-c2ccccc2)c1)C(=O)O. The number of nitrogens with one attached hydrogen (secondary N) is 1. The normalized spacial score (nSPS) is 12.6. The van der Waals surface area contributed by atoms with Gasteiger partial charge in [-0.15, -0.1) is 0 Å². The third kappa shape index (κ3) is 7.22. The molecule has 1 heterocycles. The average molecular weight is 373 g/mol. The standard InChI is InChI=1S/C20H27N3O4/c1-20(2,3)27-12-11-17(19(25)26)22-18(24)10-9-15-13-21-23(14-15)16-7-5-4-6-8-16/h4-8,13-14,17H,9-12H2,1-3H3,(H,22,24)(H,25,26). The van der Waals surface area contributed by atoms with Crippen LogP contribution in [0.5, 0.6) is 0 Å². The minimum absolute atomic E-state index is 0.199. The van der Waals surface area contributed by atoms with E-state index in [2.05, 4.69) is 10.4 Å². The first-order valence-corrected chi connectivity index (χ1v) is 9.00. The van der Waals surface area contributed by atoms with Crippen molar-refractivity contribution in [3.05, 3.63) is 48.3 Å². The molecule has 2 rings (SSSR count). The quantitative estimate of drug-likeness (QED) is 0.705. The van der Waals surface area contributed by atoms with Crippen molar-refractivity contribution in [1.29, 1.82) is 0 Å². The summed E-state index contributed by atoms with van der Waals surface area (Å²) in [4.78, 5) is 23.5. The Morgan fingerprint density at radius 1 is 1.26 bits per heavy atom. The molecule has 2 N–H and O–H groups in total. The van der Waals surface area contributed by atoms with Gasteiger partial charge in [0.15, 0.2) is 0 Å². The van der Waals surface area contributed by atoms with Gasteiger partial charge in [0.05, 0.1) is 17.5 Å². The number of hydrogen-bond donors (Lipinski definition) is 2. The van der Waals surface area contributed by atoms with Gasteiger partial charge >= 0.3 is 5.97 Å². The lowest BCUT2D eigenvalue weighted by atomic mass is 10.1. The van der Waals surface area contributed by atoms with Gasteiger partial charge in [-0.25, -0.2) is 9.48 Å². The molecule has 1 aromatic carbocycles. The number of ether oxygens (including phenoxy) is 1. The molecule has 1 unspecified atom stereocenters. The molecule has 2 aromatic rings. The fourth-order valence-electron chi connectivity index (χ4n) is 2.48. The number of nitrogens with zero attached hydrogens (tertiary/aromatic N) is 2. The van der Waals surface area contributed by atoms with Crippen LogP contribution in [-0.4, -0.2) is 45.0 Å². The fraction of sp³-hybridized carbons (Fsp3) is 0.450. The van der Waals surface area contributed by atoms with E-state index in [1.54, 1.807) is 10.9 Å². The molecule has 0 fully saturated rings. The van der Waals surface area contributed by atoms with E-state index >= 15 is 0 Å². The molecule has 1 atom stereocenters. The molecule has 7 nitrogen and oxygen atoms in total. The van der Waals surface area contributed by atoms with Crippen LogP contribution in [0.25, 0.3) is 5.69 Å². The minimum Gasteiger partial charge on any atom is -0.480 e. The predicted molar refractivity (Wildman–Crippen MR) is 102 cm³/mol. The monoisotopic (exact) mass is 373 g/mol. The highest BCUT2D eigenvalue weighted by Crippen LogP contribution is 2.10. The topological polar surface area (TPSA) is 93.5 Å². The fourth-order valence-corrected chi connectivity index (χ4v) is 2.48. The Labute approximate surface area is 159 Å². The Morgan fingerprint density at radius 2 is 1.96 bits per heavy atom. The van der Waals surface area contributed by atoms with Crippen LogP contribution < -0.4 is 5.32 Å². The number of aryl methyl sites for hydroxylation is 1. The molecule has 1 aromatic heterocycles. The number of hydrogen-bond acceptors (Lipinski definition) is 4. The van der Waals surface area contributed by atoms with Crippen molar-refractivity contribution in [2.24, 2.45) is 0 Å². The summed E-state index contributed by atoms with van der Waals surface area (Å²) in [5, 5.41) is 16.1. The van der Waals surface area contributed by atoms with Crippen molar-refractivity contribution < 1.29 is 19.4 Å². The Hall–Kier alpha value is -2.67. The zero-order chi connectivity index (χ0) is 19.9. The first-order valence-electron chi connectivity index (χ1n) is 9.00. The van der Waals surface area contributed by atoms with Crippen LogP contribution in [0.2, 0.25) is 0 Å². The summed E-state index contributed by atoms with van der Waals surface area (Å²) in [7, 11) is 0. The zero-order valence-corrected chi connectivity index (χ0v) is 16.0. The number of carboxylic acids is 1. The number of rotatable bonds is 9. The summed E-state index contributed by atoms with van der Waals surface area (Å²) >= 11 is 0. The molecular formula is C20H27N3O4. The van der Waals surface area contributed by atoms with Gasteiger partial charge in [-0.3, -0.25) is 4.79 Å². The molecule has 0 aliphatic heterocycles. The Morgan fingerprint density at radius 3 is 2.59 bits per heavy atom. The lowest BCUT2D eigenvalue weighted by Crippen LogP contribution is -2.42. The number of benzene rings is 1. The van der Waals surface area contributed by atoms with Gasteiger partial charge in [0.1, 0.15) is 6.04 Å². The summed E-state index contributed by atoms with van der Waals surface area (Å²) < 4.78 is 7.29. The molecule has 0 radical (unpaired) electrons. The first-order chi connectivity index (χ1) is 12.7. The van der Waals surface area contributed by atoms with Crippen molar-refractivity contribution in [3.63, 3.8) is 0 Å². The van der Waals surface area contributed by atoms with Gasteiger partial charge < -0.3 is 15.2 Å². The summed E-state index contributed by atoms with van der Waals surface area (Å²) in [5.74, 6) is -1.36. The van der Waals surface area contributed by atoms with E-state index in [0.717, 1.165) is 11.3 Å². The van der Waals surface area contributed by atoms with Gasteiger partial charge in [-0.05, 0) is 44.9 Å². The molecular weight excluding hydrogens is 346 g/mol. The summed E-state index contributed by atoms with van der Waals surface area (Å²) in [5.41, 5.74) is 1.52. The maximum absolute atomic E-state index is 12.1. The van der Waals surface area contributed by atoms with Crippen LogP contribution in [0, 0.1) is 0 Å². The number of carbonyl (C=O) groups excluding carboxylic acids is 1. The predicted octanol–water partition coefficient (Wildman–Crippen LogP) is 2.58. The van der Waals surface area contributed by atoms with Crippen LogP contribution in [0.3, 0.4) is 0 Å².